The average Bonchev–Trinajstić information content (AvgIpc) is 2.89. The van der Waals surface area contributed by atoms with E-state index in [1.807, 2.05) is 28.8 Å². The van der Waals surface area contributed by atoms with Crippen LogP contribution in [0.15, 0.2) is 24.3 Å². The third-order valence-electron chi connectivity index (χ3n) is 4.03. The molecule has 4 heteroatoms. The summed E-state index contributed by atoms with van der Waals surface area (Å²) < 4.78 is 3.03. The quantitative estimate of drug-likeness (QED) is 0.493. The molecule has 1 aromatic heterocycles. The molecule has 0 saturated carbocycles. The van der Waals surface area contributed by atoms with Crippen molar-refractivity contribution in [1.29, 1.82) is 0 Å². The molecule has 22 heavy (non-hydrogen) atoms. The molecule has 120 valence electrons. The van der Waals surface area contributed by atoms with Crippen LogP contribution in [0.3, 0.4) is 0 Å². The number of aromatic carboxylic acids is 1. The van der Waals surface area contributed by atoms with Crippen molar-refractivity contribution in [3.63, 3.8) is 0 Å². The maximum absolute atomic E-state index is 11.4. The number of hydrogen-bond acceptors (Lipinski definition) is 2. The maximum Gasteiger partial charge on any atom is 0.412 e. The average molecular weight is 320 g/mol. The minimum atomic E-state index is -0.819. The smallest absolute Gasteiger partial charge is 0.412 e. The molecule has 1 aromatic carbocycles. The van der Waals surface area contributed by atoms with Gasteiger partial charge in [0.2, 0.25) is 5.52 Å². The molecule has 0 spiro atoms. The highest BCUT2D eigenvalue weighted by atomic mass is 32.1. The first-order valence-corrected chi connectivity index (χ1v) is 9.20. The van der Waals surface area contributed by atoms with Crippen molar-refractivity contribution in [2.45, 2.75) is 64.8 Å². The third kappa shape index (κ3) is 4.54. The van der Waals surface area contributed by atoms with E-state index in [0.717, 1.165) is 23.2 Å². The van der Waals surface area contributed by atoms with E-state index in [-0.39, 0.29) is 0 Å². The highest BCUT2D eigenvalue weighted by Gasteiger charge is 2.25. The number of carboxylic acid groups (broad SMARTS) is 1. The molecule has 0 fully saturated rings. The number of rotatable bonds is 10. The lowest BCUT2D eigenvalue weighted by Gasteiger charge is -2.00. The zero-order valence-electron chi connectivity index (χ0n) is 13.4. The molecule has 1 N–H and O–H groups in total. The fraction of sp³-hybridized carbons (Fsp3) is 0.556. The Bertz CT molecular complexity index is 606. The molecule has 2 rings (SSSR count). The largest absolute Gasteiger partial charge is 0.473 e. The number of nitrogens with zero attached hydrogens (tertiary/aromatic N) is 1. The van der Waals surface area contributed by atoms with Gasteiger partial charge in [0.05, 0.1) is 0 Å². The first kappa shape index (κ1) is 16.9. The van der Waals surface area contributed by atoms with Crippen molar-refractivity contribution in [3.05, 3.63) is 29.3 Å². The van der Waals surface area contributed by atoms with E-state index in [9.17, 15) is 9.90 Å². The van der Waals surface area contributed by atoms with Gasteiger partial charge in [-0.15, -0.1) is 0 Å². The van der Waals surface area contributed by atoms with Crippen molar-refractivity contribution >= 4 is 27.5 Å². The number of carbonyl (C=O) groups is 1. The molecule has 0 aliphatic rings. The number of hydrogen-bond donors (Lipinski definition) is 1. The molecular weight excluding hydrogens is 294 g/mol. The zero-order valence-corrected chi connectivity index (χ0v) is 14.2. The van der Waals surface area contributed by atoms with Crippen LogP contribution >= 0.6 is 11.3 Å². The van der Waals surface area contributed by atoms with Gasteiger partial charge in [-0.3, -0.25) is 0 Å². The molecule has 3 nitrogen and oxygen atoms in total. The highest BCUT2D eigenvalue weighted by molar-refractivity contribution is 7.19. The Balaban J connectivity index is 1.86. The van der Waals surface area contributed by atoms with E-state index in [2.05, 4.69) is 6.92 Å². The molecule has 0 aliphatic heterocycles. The summed E-state index contributed by atoms with van der Waals surface area (Å²) in [6, 6.07) is 7.95. The maximum atomic E-state index is 11.4. The molecule has 0 amide bonds. The molecule has 0 saturated heterocycles. The highest BCUT2D eigenvalue weighted by Crippen LogP contribution is 2.20. The summed E-state index contributed by atoms with van der Waals surface area (Å²) >= 11 is 1.37. The van der Waals surface area contributed by atoms with Gasteiger partial charge in [0.15, 0.2) is 6.54 Å². The van der Waals surface area contributed by atoms with E-state index in [0.29, 0.717) is 5.01 Å². The molecule has 2 aromatic rings. The van der Waals surface area contributed by atoms with Crippen LogP contribution in [0.2, 0.25) is 0 Å². The van der Waals surface area contributed by atoms with Crippen molar-refractivity contribution in [2.24, 2.45) is 0 Å². The molecule has 0 atom stereocenters. The lowest BCUT2D eigenvalue weighted by atomic mass is 10.1. The van der Waals surface area contributed by atoms with Crippen molar-refractivity contribution in [2.75, 3.05) is 0 Å². The van der Waals surface area contributed by atoms with Crippen molar-refractivity contribution in [1.82, 2.24) is 0 Å². The number of aryl methyl sites for hydroxylation is 1. The normalized spacial score (nSPS) is 11.1. The lowest BCUT2D eigenvalue weighted by Crippen LogP contribution is -2.38. The Hall–Kier alpha value is -1.42. The van der Waals surface area contributed by atoms with Crippen molar-refractivity contribution < 1.29 is 14.5 Å². The topological polar surface area (TPSA) is 41.2 Å². The first-order valence-electron chi connectivity index (χ1n) is 8.38. The van der Waals surface area contributed by atoms with Gasteiger partial charge in [-0.05, 0) is 12.5 Å². The number of thiazole rings is 1. The van der Waals surface area contributed by atoms with Gasteiger partial charge in [0.25, 0.3) is 0 Å². The van der Waals surface area contributed by atoms with Gasteiger partial charge < -0.3 is 5.11 Å². The number of aromatic nitrogens is 1. The van der Waals surface area contributed by atoms with E-state index < -0.39 is 5.97 Å². The summed E-state index contributed by atoms with van der Waals surface area (Å²) in [5.74, 6) is -0.819. The SMILES string of the molecule is CCCCCCCCCC[n+]1c(C(=O)O)sc2ccccc21. The molecule has 0 bridgehead atoms. The molecular formula is C18H26NO2S+. The van der Waals surface area contributed by atoms with Crippen LogP contribution in [-0.2, 0) is 6.54 Å². The summed E-state index contributed by atoms with van der Waals surface area (Å²) in [7, 11) is 0. The van der Waals surface area contributed by atoms with Crippen LogP contribution in [0.4, 0.5) is 0 Å². The van der Waals surface area contributed by atoms with E-state index >= 15 is 0 Å². The fourth-order valence-electron chi connectivity index (χ4n) is 2.82. The number of para-hydroxylation sites is 1. The van der Waals surface area contributed by atoms with E-state index in [1.165, 1.54) is 56.3 Å². The second kappa shape index (κ2) is 8.89. The van der Waals surface area contributed by atoms with E-state index in [1.54, 1.807) is 0 Å². The zero-order chi connectivity index (χ0) is 15.8. The number of fused-ring (bicyclic) bond motifs is 1. The Morgan fingerprint density at radius 2 is 1.68 bits per heavy atom. The fourth-order valence-corrected chi connectivity index (χ4v) is 3.84. The van der Waals surface area contributed by atoms with Crippen LogP contribution in [0.5, 0.6) is 0 Å². The number of carboxylic acids is 1. The van der Waals surface area contributed by atoms with Gasteiger partial charge in [-0.2, -0.15) is 4.57 Å². The van der Waals surface area contributed by atoms with Crippen LogP contribution in [0.1, 0.15) is 68.1 Å². The van der Waals surface area contributed by atoms with Gasteiger partial charge >= 0.3 is 11.0 Å². The molecule has 0 radical (unpaired) electrons. The summed E-state index contributed by atoms with van der Waals surface area (Å²) in [5.41, 5.74) is 1.05. The summed E-state index contributed by atoms with van der Waals surface area (Å²) in [5, 5.41) is 9.83. The van der Waals surface area contributed by atoms with Crippen LogP contribution < -0.4 is 4.57 Å². The number of unbranched alkanes of at least 4 members (excludes halogenated alkanes) is 7. The van der Waals surface area contributed by atoms with Gasteiger partial charge in [0.1, 0.15) is 4.70 Å². The van der Waals surface area contributed by atoms with Gasteiger partial charge in [-0.25, -0.2) is 4.79 Å². The second-order valence-electron chi connectivity index (χ2n) is 5.81. The predicted octanol–water partition coefficient (Wildman–Crippen LogP) is 5.03. The van der Waals surface area contributed by atoms with Crippen LogP contribution in [0.25, 0.3) is 10.2 Å². The van der Waals surface area contributed by atoms with E-state index in [4.69, 9.17) is 0 Å². The Labute approximate surface area is 136 Å². The standard InChI is InChI=1S/C18H25NO2S/c1-2-3-4-5-6-7-8-11-14-19-15-12-9-10-13-16(15)22-17(19)18(20)21/h9-10,12-13H,2-8,11,14H2,1H3/p+1. The minimum absolute atomic E-state index is 0.448. The summed E-state index contributed by atoms with van der Waals surface area (Å²) in [6.07, 6.45) is 10.1. The number of benzene rings is 1. The Morgan fingerprint density at radius 3 is 2.36 bits per heavy atom. The first-order chi connectivity index (χ1) is 10.7. The van der Waals surface area contributed by atoms with Gasteiger partial charge in [0, 0.05) is 12.5 Å². The Kier molecular flexibility index (Phi) is 6.84. The van der Waals surface area contributed by atoms with Crippen molar-refractivity contribution in [3.8, 4) is 0 Å². The molecule has 0 unspecified atom stereocenters. The lowest BCUT2D eigenvalue weighted by molar-refractivity contribution is -0.670. The molecule has 1 heterocycles. The Morgan fingerprint density at radius 1 is 1.05 bits per heavy atom. The van der Waals surface area contributed by atoms with Crippen LogP contribution in [-0.4, -0.2) is 11.1 Å². The molecule has 0 aliphatic carbocycles. The van der Waals surface area contributed by atoms with Gasteiger partial charge in [-0.1, -0.05) is 68.9 Å². The summed E-state index contributed by atoms with van der Waals surface area (Å²) in [6.45, 7) is 3.04. The summed E-state index contributed by atoms with van der Waals surface area (Å²) in [4.78, 5) is 11.4. The monoisotopic (exact) mass is 320 g/mol. The second-order valence-corrected chi connectivity index (χ2v) is 6.84. The van der Waals surface area contributed by atoms with Crippen LogP contribution in [0, 0.1) is 0 Å². The minimum Gasteiger partial charge on any atom is -0.473 e. The predicted molar refractivity (Wildman–Crippen MR) is 91.6 cm³/mol. The third-order valence-corrected chi connectivity index (χ3v) is 5.18.